The summed E-state index contributed by atoms with van der Waals surface area (Å²) in [6.07, 6.45) is 4.46. The number of hydrogen-bond donors (Lipinski definition) is 4. The number of nitrogens with zero attached hydrogens (tertiary/aromatic N) is 1. The van der Waals surface area contributed by atoms with Crippen LogP contribution in [0.25, 0.3) is 0 Å². The number of nitrogens with one attached hydrogen (secondary N) is 3. The molecule has 5 N–H and O–H groups in total. The second kappa shape index (κ2) is 9.53. The molecule has 0 rings (SSSR count). The summed E-state index contributed by atoms with van der Waals surface area (Å²) in [7, 11) is 0. The molecule has 0 spiro atoms. The normalized spacial score (nSPS) is 11.8. The molecular weight excluding hydrogens is 218 g/mol. The zero-order chi connectivity index (χ0) is 13.1. The van der Waals surface area contributed by atoms with Gasteiger partial charge in [-0.3, -0.25) is 10.8 Å². The fourth-order valence-electron chi connectivity index (χ4n) is 1.06. The summed E-state index contributed by atoms with van der Waals surface area (Å²) in [4.78, 5) is 3.70. The molecule has 6 nitrogen and oxygen atoms in total. The van der Waals surface area contributed by atoms with Crippen molar-refractivity contribution in [3.63, 3.8) is 0 Å². The predicted molar refractivity (Wildman–Crippen MR) is 71.0 cm³/mol. The van der Waals surface area contributed by atoms with Gasteiger partial charge in [-0.2, -0.15) is 0 Å². The summed E-state index contributed by atoms with van der Waals surface area (Å²) in [5, 5.41) is 17.2. The van der Waals surface area contributed by atoms with E-state index in [-0.39, 0.29) is 11.7 Å². The van der Waals surface area contributed by atoms with E-state index in [2.05, 4.69) is 17.2 Å². The molecule has 0 aliphatic carbocycles. The number of aliphatic imine (C=N–C) groups is 1. The Kier molecular flexibility index (Phi) is 8.58. The van der Waals surface area contributed by atoms with E-state index in [4.69, 9.17) is 21.3 Å². The third-order valence-electron chi connectivity index (χ3n) is 1.77. The van der Waals surface area contributed by atoms with Gasteiger partial charge >= 0.3 is 0 Å². The van der Waals surface area contributed by atoms with Crippen molar-refractivity contribution in [2.75, 3.05) is 19.7 Å². The summed E-state index contributed by atoms with van der Waals surface area (Å²) in [5.74, 6) is 0.355. The quantitative estimate of drug-likeness (QED) is 0.229. The fourth-order valence-corrected chi connectivity index (χ4v) is 1.06. The Labute approximate surface area is 102 Å². The monoisotopic (exact) mass is 239 g/mol. The molecule has 0 saturated carbocycles. The molecule has 0 heterocycles. The number of amidine groups is 2. The van der Waals surface area contributed by atoms with Crippen molar-refractivity contribution in [1.29, 1.82) is 10.8 Å². The van der Waals surface area contributed by atoms with Crippen molar-refractivity contribution in [3.8, 4) is 0 Å². The topological polar surface area (TPSA) is 107 Å². The largest absolute Gasteiger partial charge is 0.497 e. The highest BCUT2D eigenvalue weighted by molar-refractivity contribution is 6.38. The minimum absolute atomic E-state index is 0.221. The van der Waals surface area contributed by atoms with Crippen molar-refractivity contribution in [1.82, 2.24) is 5.32 Å². The smallest absolute Gasteiger partial charge is 0.186 e. The van der Waals surface area contributed by atoms with Gasteiger partial charge in [-0.05, 0) is 19.4 Å². The lowest BCUT2D eigenvalue weighted by Gasteiger charge is -2.08. The van der Waals surface area contributed by atoms with Gasteiger partial charge in [0.2, 0.25) is 0 Å². The molecule has 0 fully saturated rings. The molecule has 0 aromatic carbocycles. The van der Waals surface area contributed by atoms with Crippen LogP contribution >= 0.6 is 0 Å². The Bertz CT molecular complexity index is 309. The van der Waals surface area contributed by atoms with Gasteiger partial charge in [-0.15, -0.1) is 0 Å². The molecule has 0 bridgehead atoms. The van der Waals surface area contributed by atoms with Crippen LogP contribution in [-0.4, -0.2) is 37.6 Å². The van der Waals surface area contributed by atoms with Crippen LogP contribution in [0.3, 0.4) is 0 Å². The number of ether oxygens (including phenoxy) is 1. The first-order valence-electron chi connectivity index (χ1n) is 5.59. The van der Waals surface area contributed by atoms with E-state index in [0.29, 0.717) is 19.7 Å². The van der Waals surface area contributed by atoms with Crippen molar-refractivity contribution in [3.05, 3.63) is 11.8 Å². The van der Waals surface area contributed by atoms with Crippen LogP contribution in [0, 0.1) is 10.8 Å². The van der Waals surface area contributed by atoms with Crippen LogP contribution in [0.2, 0.25) is 0 Å². The molecule has 0 atom stereocenters. The summed E-state index contributed by atoms with van der Waals surface area (Å²) < 4.78 is 5.41. The third kappa shape index (κ3) is 8.15. The Morgan fingerprint density at radius 3 is 2.65 bits per heavy atom. The molecule has 17 heavy (non-hydrogen) atoms. The lowest BCUT2D eigenvalue weighted by molar-refractivity contribution is 0.221. The highest BCUT2D eigenvalue weighted by Crippen LogP contribution is 1.96. The number of nitrogens with two attached hydrogens (primary N) is 1. The maximum Gasteiger partial charge on any atom is 0.186 e. The minimum Gasteiger partial charge on any atom is -0.497 e. The van der Waals surface area contributed by atoms with Gasteiger partial charge < -0.3 is 15.8 Å². The Balaban J connectivity index is 3.86. The second-order valence-electron chi connectivity index (χ2n) is 3.22. The van der Waals surface area contributed by atoms with E-state index in [1.807, 2.05) is 13.0 Å². The van der Waals surface area contributed by atoms with Gasteiger partial charge in [0.25, 0.3) is 0 Å². The second-order valence-corrected chi connectivity index (χ2v) is 3.22. The molecule has 0 radical (unpaired) electrons. The van der Waals surface area contributed by atoms with Crippen molar-refractivity contribution in [2.45, 2.75) is 20.3 Å². The molecule has 0 aromatic heterocycles. The SMILES string of the molecule is CC/C=C(/CNCC=NC(=N)C(=N)N)OCC. The Morgan fingerprint density at radius 1 is 1.41 bits per heavy atom. The van der Waals surface area contributed by atoms with E-state index in [9.17, 15) is 0 Å². The van der Waals surface area contributed by atoms with Gasteiger partial charge in [0.05, 0.1) is 13.2 Å². The molecule has 6 heteroatoms. The average molecular weight is 239 g/mol. The fraction of sp³-hybridized carbons (Fsp3) is 0.545. The Morgan fingerprint density at radius 2 is 2.12 bits per heavy atom. The van der Waals surface area contributed by atoms with Gasteiger partial charge in [0, 0.05) is 12.8 Å². The lowest BCUT2D eigenvalue weighted by Crippen LogP contribution is -2.23. The number of allylic oxidation sites excluding steroid dienone is 1. The summed E-state index contributed by atoms with van der Waals surface area (Å²) in [5.41, 5.74) is 5.07. The average Bonchev–Trinajstić information content (AvgIpc) is 2.28. The standard InChI is InChI=1S/C11H21N5O/c1-3-5-9(17-4-2)8-15-6-7-16-11(14)10(12)13/h5,7,14-15H,3-4,6,8H2,1-2H3,(H3,12,13)/b9-5-,14-11?,16-7?. The van der Waals surface area contributed by atoms with E-state index < -0.39 is 0 Å². The summed E-state index contributed by atoms with van der Waals surface area (Å²) >= 11 is 0. The van der Waals surface area contributed by atoms with Gasteiger partial charge in [-0.25, -0.2) is 4.99 Å². The van der Waals surface area contributed by atoms with E-state index in [1.165, 1.54) is 6.21 Å². The summed E-state index contributed by atoms with van der Waals surface area (Å²) in [6, 6.07) is 0. The van der Waals surface area contributed by atoms with Crippen LogP contribution in [0.1, 0.15) is 20.3 Å². The zero-order valence-electron chi connectivity index (χ0n) is 10.4. The van der Waals surface area contributed by atoms with Crippen molar-refractivity contribution < 1.29 is 4.74 Å². The van der Waals surface area contributed by atoms with Crippen molar-refractivity contribution in [2.24, 2.45) is 10.7 Å². The van der Waals surface area contributed by atoms with E-state index in [1.54, 1.807) is 0 Å². The van der Waals surface area contributed by atoms with Crippen molar-refractivity contribution >= 4 is 17.9 Å². The molecule has 96 valence electrons. The van der Waals surface area contributed by atoms with Crippen LogP contribution in [0.4, 0.5) is 0 Å². The molecule has 0 aliphatic rings. The maximum absolute atomic E-state index is 7.18. The van der Waals surface area contributed by atoms with Gasteiger partial charge in [0.1, 0.15) is 5.76 Å². The van der Waals surface area contributed by atoms with E-state index in [0.717, 1.165) is 12.2 Å². The first kappa shape index (κ1) is 15.3. The molecular formula is C11H21N5O. The number of rotatable bonds is 7. The Hall–Kier alpha value is -1.69. The molecule has 0 aromatic rings. The zero-order valence-corrected chi connectivity index (χ0v) is 10.4. The highest BCUT2D eigenvalue weighted by Gasteiger charge is 1.96. The maximum atomic E-state index is 7.18. The molecule has 0 saturated heterocycles. The molecule has 0 aliphatic heterocycles. The molecule has 0 unspecified atom stereocenters. The molecule has 0 amide bonds. The van der Waals surface area contributed by atoms with Crippen LogP contribution in [0.5, 0.6) is 0 Å². The first-order chi connectivity index (χ1) is 8.11. The summed E-state index contributed by atoms with van der Waals surface area (Å²) in [6.45, 7) is 5.77. The van der Waals surface area contributed by atoms with E-state index >= 15 is 0 Å². The highest BCUT2D eigenvalue weighted by atomic mass is 16.5. The van der Waals surface area contributed by atoms with Crippen LogP contribution in [-0.2, 0) is 4.74 Å². The first-order valence-corrected chi connectivity index (χ1v) is 5.59. The third-order valence-corrected chi connectivity index (χ3v) is 1.77. The van der Waals surface area contributed by atoms with Crippen LogP contribution in [0.15, 0.2) is 16.8 Å². The lowest BCUT2D eigenvalue weighted by atomic mass is 10.3. The van der Waals surface area contributed by atoms with Gasteiger partial charge in [0.15, 0.2) is 11.7 Å². The minimum atomic E-state index is -0.331. The predicted octanol–water partition coefficient (Wildman–Crippen LogP) is 0.890. The van der Waals surface area contributed by atoms with Gasteiger partial charge in [-0.1, -0.05) is 6.92 Å². The van der Waals surface area contributed by atoms with Crippen LogP contribution < -0.4 is 11.1 Å². The number of hydrogen-bond acceptors (Lipinski definition) is 4.